The van der Waals surface area contributed by atoms with Crippen molar-refractivity contribution in [3.63, 3.8) is 0 Å². The van der Waals surface area contributed by atoms with Gasteiger partial charge in [-0.1, -0.05) is 42.0 Å². The summed E-state index contributed by atoms with van der Waals surface area (Å²) in [7, 11) is 0. The van der Waals surface area contributed by atoms with Crippen molar-refractivity contribution in [1.82, 2.24) is 5.32 Å². The van der Waals surface area contributed by atoms with Gasteiger partial charge in [0.2, 0.25) is 5.91 Å². The molecule has 0 aliphatic rings. The lowest BCUT2D eigenvalue weighted by Crippen LogP contribution is -2.41. The van der Waals surface area contributed by atoms with Gasteiger partial charge in [0, 0.05) is 0 Å². The summed E-state index contributed by atoms with van der Waals surface area (Å²) in [4.78, 5) is 22.8. The van der Waals surface area contributed by atoms with Crippen molar-refractivity contribution < 1.29 is 14.7 Å². The number of aliphatic carboxylic acids is 1. The van der Waals surface area contributed by atoms with Crippen LogP contribution in [0.4, 0.5) is 0 Å². The van der Waals surface area contributed by atoms with Crippen molar-refractivity contribution in [2.45, 2.75) is 32.7 Å². The van der Waals surface area contributed by atoms with E-state index in [2.05, 4.69) is 5.32 Å². The molecule has 0 bridgehead atoms. The largest absolute Gasteiger partial charge is 0.480 e. The van der Waals surface area contributed by atoms with Crippen molar-refractivity contribution in [2.24, 2.45) is 0 Å². The van der Waals surface area contributed by atoms with Crippen LogP contribution in [-0.4, -0.2) is 23.0 Å². The Labute approximate surface area is 113 Å². The van der Waals surface area contributed by atoms with Gasteiger partial charge in [0.05, 0.1) is 6.42 Å². The Bertz CT molecular complexity index is 463. The number of amides is 1. The van der Waals surface area contributed by atoms with Gasteiger partial charge in [0.25, 0.3) is 0 Å². The lowest BCUT2D eigenvalue weighted by Gasteiger charge is -2.12. The van der Waals surface area contributed by atoms with Crippen LogP contribution in [0.25, 0.3) is 0 Å². The number of carboxylic acids is 1. The standard InChI is InChI=1S/C15H19NO3/c1-3-4-5-13(15(18)19)16-14(17)10-12-8-6-11(2)7-9-12/h3-4,6-9,13H,5,10H2,1-2H3,(H,16,17)(H,18,19)/b4-3+. The number of allylic oxidation sites excluding steroid dienone is 1. The molecule has 4 nitrogen and oxygen atoms in total. The summed E-state index contributed by atoms with van der Waals surface area (Å²) in [6, 6.07) is 6.73. The summed E-state index contributed by atoms with van der Waals surface area (Å²) < 4.78 is 0. The van der Waals surface area contributed by atoms with E-state index in [4.69, 9.17) is 5.11 Å². The number of nitrogens with one attached hydrogen (secondary N) is 1. The average Bonchev–Trinajstić information content (AvgIpc) is 2.37. The van der Waals surface area contributed by atoms with E-state index in [0.29, 0.717) is 6.42 Å². The number of carbonyl (C=O) groups is 2. The molecule has 0 saturated carbocycles. The minimum absolute atomic E-state index is 0.194. The first-order valence-corrected chi connectivity index (χ1v) is 6.21. The van der Waals surface area contributed by atoms with Crippen molar-refractivity contribution in [3.8, 4) is 0 Å². The van der Waals surface area contributed by atoms with E-state index in [1.807, 2.05) is 38.1 Å². The first kappa shape index (κ1) is 15.0. The fourth-order valence-corrected chi connectivity index (χ4v) is 1.63. The highest BCUT2D eigenvalue weighted by Crippen LogP contribution is 2.04. The Morgan fingerprint density at radius 3 is 2.47 bits per heavy atom. The SMILES string of the molecule is C/C=C/CC(NC(=O)Cc1ccc(C)cc1)C(=O)O. The van der Waals surface area contributed by atoms with Gasteiger partial charge in [-0.3, -0.25) is 4.79 Å². The van der Waals surface area contributed by atoms with Gasteiger partial charge in [-0.15, -0.1) is 0 Å². The number of hydrogen-bond donors (Lipinski definition) is 2. The third-order valence-corrected chi connectivity index (χ3v) is 2.73. The number of benzene rings is 1. The molecule has 1 unspecified atom stereocenters. The first-order chi connectivity index (χ1) is 9.02. The molecule has 1 aromatic carbocycles. The van der Waals surface area contributed by atoms with Crippen LogP contribution in [0, 0.1) is 6.92 Å². The molecular weight excluding hydrogens is 242 g/mol. The molecule has 1 atom stereocenters. The second kappa shape index (κ2) is 7.36. The van der Waals surface area contributed by atoms with Crippen LogP contribution >= 0.6 is 0 Å². The Hall–Kier alpha value is -2.10. The highest BCUT2D eigenvalue weighted by atomic mass is 16.4. The summed E-state index contributed by atoms with van der Waals surface area (Å²) in [6.45, 7) is 3.79. The van der Waals surface area contributed by atoms with Gasteiger partial charge in [-0.05, 0) is 25.8 Å². The Balaban J connectivity index is 2.57. The summed E-state index contributed by atoms with van der Waals surface area (Å²) in [5.74, 6) is -1.30. The maximum absolute atomic E-state index is 11.8. The van der Waals surface area contributed by atoms with E-state index in [-0.39, 0.29) is 12.3 Å². The van der Waals surface area contributed by atoms with Gasteiger partial charge < -0.3 is 10.4 Å². The molecule has 1 aromatic rings. The summed E-state index contributed by atoms with van der Waals surface area (Å²) in [5.41, 5.74) is 2.00. The number of aryl methyl sites for hydroxylation is 1. The average molecular weight is 261 g/mol. The molecule has 0 heterocycles. The van der Waals surface area contributed by atoms with Crippen molar-refractivity contribution in [3.05, 3.63) is 47.5 Å². The quantitative estimate of drug-likeness (QED) is 0.770. The summed E-state index contributed by atoms with van der Waals surface area (Å²) in [6.07, 6.45) is 3.98. The molecule has 0 fully saturated rings. The van der Waals surface area contributed by atoms with Gasteiger partial charge >= 0.3 is 5.97 Å². The molecule has 0 saturated heterocycles. The number of hydrogen-bond acceptors (Lipinski definition) is 2. The zero-order valence-corrected chi connectivity index (χ0v) is 11.2. The van der Waals surface area contributed by atoms with Gasteiger partial charge in [-0.2, -0.15) is 0 Å². The van der Waals surface area contributed by atoms with Crippen LogP contribution in [-0.2, 0) is 16.0 Å². The fourth-order valence-electron chi connectivity index (χ4n) is 1.63. The molecule has 1 rings (SSSR count). The molecule has 0 radical (unpaired) electrons. The molecule has 4 heteroatoms. The predicted octanol–water partition coefficient (Wildman–Crippen LogP) is 2.07. The van der Waals surface area contributed by atoms with E-state index in [9.17, 15) is 9.59 Å². The molecule has 2 N–H and O–H groups in total. The lowest BCUT2D eigenvalue weighted by molar-refractivity contribution is -0.141. The molecule has 102 valence electrons. The maximum atomic E-state index is 11.8. The molecule has 19 heavy (non-hydrogen) atoms. The van der Waals surface area contributed by atoms with Crippen LogP contribution in [0.3, 0.4) is 0 Å². The normalized spacial score (nSPS) is 12.3. The van der Waals surface area contributed by atoms with Crippen LogP contribution < -0.4 is 5.32 Å². The highest BCUT2D eigenvalue weighted by molar-refractivity contribution is 5.84. The van der Waals surface area contributed by atoms with E-state index < -0.39 is 12.0 Å². The first-order valence-electron chi connectivity index (χ1n) is 6.21. The van der Waals surface area contributed by atoms with Gasteiger partial charge in [0.15, 0.2) is 0 Å². The van der Waals surface area contributed by atoms with E-state index in [0.717, 1.165) is 11.1 Å². The van der Waals surface area contributed by atoms with Gasteiger partial charge in [-0.25, -0.2) is 4.79 Å². The Kier molecular flexibility index (Phi) is 5.79. The van der Waals surface area contributed by atoms with Crippen LogP contribution in [0.1, 0.15) is 24.5 Å². The van der Waals surface area contributed by atoms with Gasteiger partial charge in [0.1, 0.15) is 6.04 Å². The van der Waals surface area contributed by atoms with E-state index in [1.165, 1.54) is 0 Å². The molecule has 0 spiro atoms. The molecule has 0 aromatic heterocycles. The number of carbonyl (C=O) groups excluding carboxylic acids is 1. The number of rotatable bonds is 6. The molecule has 1 amide bonds. The summed E-state index contributed by atoms with van der Waals surface area (Å²) >= 11 is 0. The summed E-state index contributed by atoms with van der Waals surface area (Å²) in [5, 5.41) is 11.5. The second-order valence-electron chi connectivity index (χ2n) is 4.43. The second-order valence-corrected chi connectivity index (χ2v) is 4.43. The Morgan fingerprint density at radius 2 is 1.95 bits per heavy atom. The molecule has 0 aliphatic carbocycles. The minimum Gasteiger partial charge on any atom is -0.480 e. The van der Waals surface area contributed by atoms with E-state index >= 15 is 0 Å². The van der Waals surface area contributed by atoms with Crippen LogP contribution in [0.2, 0.25) is 0 Å². The monoisotopic (exact) mass is 261 g/mol. The van der Waals surface area contributed by atoms with Crippen molar-refractivity contribution in [2.75, 3.05) is 0 Å². The maximum Gasteiger partial charge on any atom is 0.326 e. The minimum atomic E-state index is -1.02. The zero-order valence-electron chi connectivity index (χ0n) is 11.2. The van der Waals surface area contributed by atoms with Crippen molar-refractivity contribution in [1.29, 1.82) is 0 Å². The van der Waals surface area contributed by atoms with Crippen LogP contribution in [0.5, 0.6) is 0 Å². The predicted molar refractivity (Wildman–Crippen MR) is 73.9 cm³/mol. The molecule has 0 aliphatic heterocycles. The Morgan fingerprint density at radius 1 is 1.32 bits per heavy atom. The lowest BCUT2D eigenvalue weighted by atomic mass is 10.1. The highest BCUT2D eigenvalue weighted by Gasteiger charge is 2.18. The zero-order chi connectivity index (χ0) is 14.3. The van der Waals surface area contributed by atoms with Crippen molar-refractivity contribution >= 4 is 11.9 Å². The third kappa shape index (κ3) is 5.38. The van der Waals surface area contributed by atoms with Crippen LogP contribution in [0.15, 0.2) is 36.4 Å². The molecular formula is C15H19NO3. The smallest absolute Gasteiger partial charge is 0.326 e. The fraction of sp³-hybridized carbons (Fsp3) is 0.333. The topological polar surface area (TPSA) is 66.4 Å². The number of carboxylic acid groups (broad SMARTS) is 1. The third-order valence-electron chi connectivity index (χ3n) is 2.73. The van der Waals surface area contributed by atoms with E-state index in [1.54, 1.807) is 12.2 Å².